The van der Waals surface area contributed by atoms with Crippen molar-refractivity contribution in [3.8, 4) is 22.8 Å². The molecule has 6 nitrogen and oxygen atoms in total. The Morgan fingerprint density at radius 3 is 2.55 bits per heavy atom. The lowest BCUT2D eigenvalue weighted by atomic mass is 10.1. The summed E-state index contributed by atoms with van der Waals surface area (Å²) in [6.07, 6.45) is 1.79. The molecule has 2 aromatic carbocycles. The van der Waals surface area contributed by atoms with Gasteiger partial charge in [0, 0.05) is 17.1 Å². The van der Waals surface area contributed by atoms with Crippen LogP contribution in [-0.2, 0) is 0 Å². The first kappa shape index (κ1) is 18.9. The Bertz CT molecular complexity index is 1330. The van der Waals surface area contributed by atoms with E-state index >= 15 is 0 Å². The highest BCUT2D eigenvalue weighted by molar-refractivity contribution is 5.89. The second kappa shape index (κ2) is 7.99. The lowest BCUT2D eigenvalue weighted by Gasteiger charge is -2.17. The summed E-state index contributed by atoms with van der Waals surface area (Å²) in [6.45, 7) is 4.12. The molecule has 1 N–H and O–H groups in total. The molecule has 0 bridgehead atoms. The van der Waals surface area contributed by atoms with Gasteiger partial charge in [-0.25, -0.2) is 4.98 Å². The Kier molecular flexibility index (Phi) is 4.88. The van der Waals surface area contributed by atoms with Gasteiger partial charge in [0.05, 0.1) is 22.8 Å². The summed E-state index contributed by atoms with van der Waals surface area (Å²) in [5.41, 5.74) is 4.64. The third-order valence-corrected chi connectivity index (χ3v) is 5.22. The SMILES string of the molecule is Cc1cccc2cc(-c3noc(-c4ccccc4)n3)c(NC(C)c3ccccn3)nc12. The van der Waals surface area contributed by atoms with Crippen molar-refractivity contribution in [2.75, 3.05) is 5.32 Å². The van der Waals surface area contributed by atoms with Crippen LogP contribution in [0.25, 0.3) is 33.7 Å². The Morgan fingerprint density at radius 2 is 1.74 bits per heavy atom. The smallest absolute Gasteiger partial charge is 0.258 e. The van der Waals surface area contributed by atoms with Crippen molar-refractivity contribution in [3.05, 3.63) is 90.3 Å². The molecule has 5 aromatic rings. The van der Waals surface area contributed by atoms with E-state index in [-0.39, 0.29) is 6.04 Å². The molecule has 6 heteroatoms. The molecule has 0 fully saturated rings. The first-order valence-corrected chi connectivity index (χ1v) is 10.2. The molecular weight excluding hydrogens is 386 g/mol. The number of fused-ring (bicyclic) bond motifs is 1. The third-order valence-electron chi connectivity index (χ3n) is 5.22. The van der Waals surface area contributed by atoms with E-state index in [0.717, 1.165) is 33.3 Å². The summed E-state index contributed by atoms with van der Waals surface area (Å²) >= 11 is 0. The van der Waals surface area contributed by atoms with Crippen LogP contribution in [-0.4, -0.2) is 20.1 Å². The van der Waals surface area contributed by atoms with Gasteiger partial charge in [-0.3, -0.25) is 4.98 Å². The highest BCUT2D eigenvalue weighted by atomic mass is 16.5. The summed E-state index contributed by atoms with van der Waals surface area (Å²) in [4.78, 5) is 14.0. The monoisotopic (exact) mass is 407 g/mol. The summed E-state index contributed by atoms with van der Waals surface area (Å²) in [6, 6.07) is 23.8. The molecule has 1 unspecified atom stereocenters. The number of rotatable bonds is 5. The van der Waals surface area contributed by atoms with E-state index in [2.05, 4.69) is 46.4 Å². The van der Waals surface area contributed by atoms with Crippen molar-refractivity contribution >= 4 is 16.7 Å². The number of pyridine rings is 2. The number of aryl methyl sites for hydroxylation is 1. The molecule has 152 valence electrons. The molecule has 3 heterocycles. The van der Waals surface area contributed by atoms with Crippen LogP contribution in [0.1, 0.15) is 24.2 Å². The molecule has 0 aliphatic heterocycles. The topological polar surface area (TPSA) is 76.7 Å². The molecule has 0 saturated carbocycles. The Balaban J connectivity index is 1.61. The Labute approximate surface area is 180 Å². The van der Waals surface area contributed by atoms with E-state index in [4.69, 9.17) is 9.51 Å². The van der Waals surface area contributed by atoms with Gasteiger partial charge in [-0.15, -0.1) is 0 Å². The average Bonchev–Trinajstić information content (AvgIpc) is 3.30. The molecule has 0 saturated heterocycles. The molecule has 5 rings (SSSR count). The molecule has 1 atom stereocenters. The van der Waals surface area contributed by atoms with E-state index in [1.54, 1.807) is 6.20 Å². The van der Waals surface area contributed by atoms with Crippen LogP contribution >= 0.6 is 0 Å². The van der Waals surface area contributed by atoms with Gasteiger partial charge in [0.25, 0.3) is 5.89 Å². The molecule has 31 heavy (non-hydrogen) atoms. The quantitative estimate of drug-likeness (QED) is 0.395. The summed E-state index contributed by atoms with van der Waals surface area (Å²) < 4.78 is 5.56. The van der Waals surface area contributed by atoms with Gasteiger partial charge in [-0.2, -0.15) is 4.98 Å². The minimum absolute atomic E-state index is 0.0468. The lowest BCUT2D eigenvalue weighted by Crippen LogP contribution is -2.11. The Hall–Kier alpha value is -4.06. The van der Waals surface area contributed by atoms with Crippen LogP contribution in [0.15, 0.2) is 83.5 Å². The number of hydrogen-bond acceptors (Lipinski definition) is 6. The standard InChI is InChI=1S/C25H21N5O/c1-16-9-8-12-19-15-20(24-29-25(31-30-24)18-10-4-3-5-11-18)23(28-22(16)19)27-17(2)21-13-6-7-14-26-21/h3-15,17H,1-2H3,(H,27,28). The Morgan fingerprint density at radius 1 is 0.903 bits per heavy atom. The van der Waals surface area contributed by atoms with Crippen LogP contribution in [0.3, 0.4) is 0 Å². The fraction of sp³-hybridized carbons (Fsp3) is 0.120. The number of nitrogens with zero attached hydrogens (tertiary/aromatic N) is 4. The largest absolute Gasteiger partial charge is 0.361 e. The minimum atomic E-state index is -0.0468. The predicted molar refractivity (Wildman–Crippen MR) is 121 cm³/mol. The van der Waals surface area contributed by atoms with Gasteiger partial charge in [0.2, 0.25) is 5.82 Å². The van der Waals surface area contributed by atoms with Crippen LogP contribution in [0.5, 0.6) is 0 Å². The number of para-hydroxylation sites is 1. The lowest BCUT2D eigenvalue weighted by molar-refractivity contribution is 0.432. The van der Waals surface area contributed by atoms with Crippen molar-refractivity contribution in [1.29, 1.82) is 0 Å². The normalized spacial score (nSPS) is 12.1. The molecule has 0 aliphatic rings. The number of nitrogens with one attached hydrogen (secondary N) is 1. The van der Waals surface area contributed by atoms with Gasteiger partial charge >= 0.3 is 0 Å². The third kappa shape index (κ3) is 3.75. The van der Waals surface area contributed by atoms with Crippen molar-refractivity contribution in [2.45, 2.75) is 19.9 Å². The minimum Gasteiger partial charge on any atom is -0.361 e. The van der Waals surface area contributed by atoms with Gasteiger partial charge in [-0.1, -0.05) is 47.6 Å². The van der Waals surface area contributed by atoms with Crippen LogP contribution < -0.4 is 5.32 Å². The highest BCUT2D eigenvalue weighted by Gasteiger charge is 2.19. The fourth-order valence-electron chi connectivity index (χ4n) is 3.57. The summed E-state index contributed by atoms with van der Waals surface area (Å²) in [7, 11) is 0. The molecule has 0 radical (unpaired) electrons. The zero-order chi connectivity index (χ0) is 21.2. The number of aromatic nitrogens is 4. The maximum atomic E-state index is 5.56. The molecule has 0 aliphatic carbocycles. The van der Waals surface area contributed by atoms with Gasteiger partial charge in [0.1, 0.15) is 5.82 Å². The van der Waals surface area contributed by atoms with E-state index in [0.29, 0.717) is 17.5 Å². The maximum Gasteiger partial charge on any atom is 0.258 e. The van der Waals surface area contributed by atoms with Gasteiger partial charge in [-0.05, 0) is 49.7 Å². The van der Waals surface area contributed by atoms with E-state index in [1.807, 2.05) is 60.7 Å². The first-order chi connectivity index (χ1) is 15.2. The van der Waals surface area contributed by atoms with Crippen molar-refractivity contribution in [1.82, 2.24) is 20.1 Å². The van der Waals surface area contributed by atoms with Gasteiger partial charge in [0.15, 0.2) is 0 Å². The van der Waals surface area contributed by atoms with Crippen molar-refractivity contribution < 1.29 is 4.52 Å². The molecule has 0 amide bonds. The zero-order valence-electron chi connectivity index (χ0n) is 17.3. The molecule has 0 spiro atoms. The number of anilines is 1. The number of benzene rings is 2. The average molecular weight is 407 g/mol. The van der Waals surface area contributed by atoms with Crippen LogP contribution in [0.2, 0.25) is 0 Å². The van der Waals surface area contributed by atoms with E-state index in [1.165, 1.54) is 0 Å². The zero-order valence-corrected chi connectivity index (χ0v) is 17.3. The summed E-state index contributed by atoms with van der Waals surface area (Å²) in [5, 5.41) is 8.77. The molecular formula is C25H21N5O. The van der Waals surface area contributed by atoms with Crippen LogP contribution in [0, 0.1) is 6.92 Å². The van der Waals surface area contributed by atoms with E-state index < -0.39 is 0 Å². The predicted octanol–water partition coefficient (Wildman–Crippen LogP) is 5.83. The van der Waals surface area contributed by atoms with Crippen molar-refractivity contribution in [2.24, 2.45) is 0 Å². The van der Waals surface area contributed by atoms with Crippen LogP contribution in [0.4, 0.5) is 5.82 Å². The van der Waals surface area contributed by atoms with Crippen molar-refractivity contribution in [3.63, 3.8) is 0 Å². The molecule has 3 aromatic heterocycles. The van der Waals surface area contributed by atoms with Gasteiger partial charge < -0.3 is 9.84 Å². The second-order valence-electron chi connectivity index (χ2n) is 7.44. The van der Waals surface area contributed by atoms with E-state index in [9.17, 15) is 0 Å². The second-order valence-corrected chi connectivity index (χ2v) is 7.44. The highest BCUT2D eigenvalue weighted by Crippen LogP contribution is 2.32. The summed E-state index contributed by atoms with van der Waals surface area (Å²) in [5.74, 6) is 1.66. The first-order valence-electron chi connectivity index (χ1n) is 10.2. The fourth-order valence-corrected chi connectivity index (χ4v) is 3.57. The maximum absolute atomic E-state index is 5.56. The number of hydrogen-bond donors (Lipinski definition) is 1.